The largest absolute Gasteiger partial charge is 0.339 e. The molecule has 1 N–H and O–H groups in total. The number of benzene rings is 1. The van der Waals surface area contributed by atoms with Crippen LogP contribution in [-0.2, 0) is 0 Å². The van der Waals surface area contributed by atoms with E-state index in [1.807, 2.05) is 0 Å². The Morgan fingerprint density at radius 2 is 2.05 bits per heavy atom. The first-order valence-electron chi connectivity index (χ1n) is 6.27. The zero-order chi connectivity index (χ0) is 13.2. The highest BCUT2D eigenvalue weighted by atomic mass is 16.2. The van der Waals surface area contributed by atoms with Crippen LogP contribution < -0.4 is 0 Å². The SMILES string of the molecule is N#CC1CCN(C(=O)c2ccc3n[nH]nc3c2)CC1. The first-order valence-corrected chi connectivity index (χ1v) is 6.27. The number of fused-ring (bicyclic) bond motifs is 1. The lowest BCUT2D eigenvalue weighted by Crippen LogP contribution is -2.38. The van der Waals surface area contributed by atoms with Gasteiger partial charge in [0.2, 0.25) is 0 Å². The van der Waals surface area contributed by atoms with Gasteiger partial charge in [-0.05, 0) is 31.0 Å². The third kappa shape index (κ3) is 2.15. The lowest BCUT2D eigenvalue weighted by Gasteiger charge is -2.29. The summed E-state index contributed by atoms with van der Waals surface area (Å²) in [5.74, 6) is 0.0864. The van der Waals surface area contributed by atoms with Crippen LogP contribution in [0.15, 0.2) is 18.2 Å². The highest BCUT2D eigenvalue weighted by molar-refractivity contribution is 5.97. The van der Waals surface area contributed by atoms with Gasteiger partial charge in [-0.25, -0.2) is 0 Å². The first kappa shape index (κ1) is 11.7. The molecule has 0 aliphatic carbocycles. The summed E-state index contributed by atoms with van der Waals surface area (Å²) in [6.45, 7) is 1.29. The number of rotatable bonds is 1. The summed E-state index contributed by atoms with van der Waals surface area (Å²) in [5, 5.41) is 19.3. The van der Waals surface area contributed by atoms with E-state index in [4.69, 9.17) is 5.26 Å². The molecule has 6 heteroatoms. The van der Waals surface area contributed by atoms with Crippen LogP contribution in [0.3, 0.4) is 0 Å². The molecule has 6 nitrogen and oxygen atoms in total. The fourth-order valence-electron chi connectivity index (χ4n) is 2.37. The molecule has 1 amide bonds. The summed E-state index contributed by atoms with van der Waals surface area (Å²) in [6.07, 6.45) is 1.52. The van der Waals surface area contributed by atoms with E-state index in [1.54, 1.807) is 23.1 Å². The predicted molar refractivity (Wildman–Crippen MR) is 68.1 cm³/mol. The number of amides is 1. The van der Waals surface area contributed by atoms with Crippen molar-refractivity contribution in [3.05, 3.63) is 23.8 Å². The first-order chi connectivity index (χ1) is 9.28. The third-order valence-corrected chi connectivity index (χ3v) is 3.53. The van der Waals surface area contributed by atoms with Gasteiger partial charge in [-0.15, -0.1) is 0 Å². The van der Waals surface area contributed by atoms with E-state index in [9.17, 15) is 4.79 Å². The molecule has 1 aromatic carbocycles. The maximum absolute atomic E-state index is 12.3. The van der Waals surface area contributed by atoms with Crippen LogP contribution in [0.2, 0.25) is 0 Å². The van der Waals surface area contributed by atoms with Gasteiger partial charge in [-0.2, -0.15) is 20.7 Å². The van der Waals surface area contributed by atoms with Crippen molar-refractivity contribution in [2.75, 3.05) is 13.1 Å². The number of aromatic amines is 1. The van der Waals surface area contributed by atoms with E-state index in [2.05, 4.69) is 21.5 Å². The highest BCUT2D eigenvalue weighted by Gasteiger charge is 2.23. The number of nitrogens with zero attached hydrogens (tertiary/aromatic N) is 4. The number of aromatic nitrogens is 3. The van der Waals surface area contributed by atoms with Crippen LogP contribution >= 0.6 is 0 Å². The van der Waals surface area contributed by atoms with Crippen LogP contribution in [0.5, 0.6) is 0 Å². The number of carbonyl (C=O) groups is 1. The normalized spacial score (nSPS) is 16.5. The fraction of sp³-hybridized carbons (Fsp3) is 0.385. The molecule has 0 atom stereocenters. The van der Waals surface area contributed by atoms with E-state index in [-0.39, 0.29) is 11.8 Å². The smallest absolute Gasteiger partial charge is 0.253 e. The number of piperidine rings is 1. The minimum atomic E-state index is 0.00119. The molecule has 0 bridgehead atoms. The number of hydrogen-bond acceptors (Lipinski definition) is 4. The number of likely N-dealkylation sites (tertiary alicyclic amines) is 1. The minimum absolute atomic E-state index is 0.00119. The van der Waals surface area contributed by atoms with E-state index in [0.29, 0.717) is 24.2 Å². The molecule has 19 heavy (non-hydrogen) atoms. The van der Waals surface area contributed by atoms with Crippen molar-refractivity contribution in [1.29, 1.82) is 5.26 Å². The monoisotopic (exact) mass is 255 g/mol. The van der Waals surface area contributed by atoms with Gasteiger partial charge in [0.15, 0.2) is 0 Å². The van der Waals surface area contributed by atoms with Crippen LogP contribution in [-0.4, -0.2) is 39.3 Å². The Kier molecular flexibility index (Phi) is 2.88. The molecule has 2 aromatic rings. The standard InChI is InChI=1S/C13H13N5O/c14-8-9-3-5-18(6-4-9)13(19)10-1-2-11-12(7-10)16-17-15-11/h1-2,7,9H,3-6H2,(H,15,16,17). The molecule has 1 aliphatic heterocycles. The molecule has 0 spiro atoms. The molecule has 0 saturated carbocycles. The molecule has 96 valence electrons. The van der Waals surface area contributed by atoms with Gasteiger partial charge >= 0.3 is 0 Å². The van der Waals surface area contributed by atoms with Gasteiger partial charge in [-0.1, -0.05) is 0 Å². The zero-order valence-electron chi connectivity index (χ0n) is 10.3. The molecule has 1 aliphatic rings. The average molecular weight is 255 g/mol. The van der Waals surface area contributed by atoms with E-state index in [1.165, 1.54) is 0 Å². The molecular formula is C13H13N5O. The summed E-state index contributed by atoms with van der Waals surface area (Å²) < 4.78 is 0. The second kappa shape index (κ2) is 4.69. The molecule has 1 aromatic heterocycles. The molecule has 0 unspecified atom stereocenters. The van der Waals surface area contributed by atoms with Crippen molar-refractivity contribution in [3.8, 4) is 6.07 Å². The van der Waals surface area contributed by atoms with Gasteiger partial charge in [0.05, 0.1) is 6.07 Å². The Hall–Kier alpha value is -2.42. The predicted octanol–water partition coefficient (Wildman–Crippen LogP) is 1.33. The molecule has 3 rings (SSSR count). The van der Waals surface area contributed by atoms with Crippen LogP contribution in [0.25, 0.3) is 11.0 Å². The Balaban J connectivity index is 1.78. The lowest BCUT2D eigenvalue weighted by molar-refractivity contribution is 0.0707. The summed E-state index contributed by atoms with van der Waals surface area (Å²) in [7, 11) is 0. The number of nitriles is 1. The van der Waals surface area contributed by atoms with Gasteiger partial charge < -0.3 is 4.90 Å². The summed E-state index contributed by atoms with van der Waals surface area (Å²) in [4.78, 5) is 14.1. The lowest BCUT2D eigenvalue weighted by atomic mass is 9.98. The highest BCUT2D eigenvalue weighted by Crippen LogP contribution is 2.19. The maximum Gasteiger partial charge on any atom is 0.253 e. The maximum atomic E-state index is 12.3. The molecule has 2 heterocycles. The van der Waals surface area contributed by atoms with Crippen molar-refractivity contribution in [1.82, 2.24) is 20.3 Å². The second-order valence-electron chi connectivity index (χ2n) is 4.72. The Bertz CT molecular complexity index is 648. The molecular weight excluding hydrogens is 242 g/mol. The molecule has 1 saturated heterocycles. The number of nitrogens with one attached hydrogen (secondary N) is 1. The third-order valence-electron chi connectivity index (χ3n) is 3.53. The van der Waals surface area contributed by atoms with Gasteiger partial charge in [0, 0.05) is 24.6 Å². The van der Waals surface area contributed by atoms with E-state index in [0.717, 1.165) is 18.4 Å². The Morgan fingerprint density at radius 3 is 2.79 bits per heavy atom. The minimum Gasteiger partial charge on any atom is -0.339 e. The summed E-state index contributed by atoms with van der Waals surface area (Å²) >= 11 is 0. The number of hydrogen-bond donors (Lipinski definition) is 1. The van der Waals surface area contributed by atoms with Crippen molar-refractivity contribution >= 4 is 16.9 Å². The van der Waals surface area contributed by atoms with Crippen LogP contribution in [0.4, 0.5) is 0 Å². The number of H-pyrrole nitrogens is 1. The Morgan fingerprint density at radius 1 is 1.32 bits per heavy atom. The van der Waals surface area contributed by atoms with Crippen molar-refractivity contribution < 1.29 is 4.79 Å². The van der Waals surface area contributed by atoms with Crippen LogP contribution in [0, 0.1) is 17.2 Å². The fourth-order valence-corrected chi connectivity index (χ4v) is 2.37. The van der Waals surface area contributed by atoms with Crippen molar-refractivity contribution in [2.45, 2.75) is 12.8 Å². The van der Waals surface area contributed by atoms with Crippen LogP contribution in [0.1, 0.15) is 23.2 Å². The van der Waals surface area contributed by atoms with Gasteiger partial charge in [-0.3, -0.25) is 4.79 Å². The van der Waals surface area contributed by atoms with E-state index >= 15 is 0 Å². The topological polar surface area (TPSA) is 85.7 Å². The summed E-state index contributed by atoms with van der Waals surface area (Å²) in [6, 6.07) is 7.56. The average Bonchev–Trinajstić information content (AvgIpc) is 2.94. The number of carbonyl (C=O) groups excluding carboxylic acids is 1. The Labute approximate surface area is 110 Å². The van der Waals surface area contributed by atoms with Crippen molar-refractivity contribution in [2.24, 2.45) is 5.92 Å². The van der Waals surface area contributed by atoms with Gasteiger partial charge in [0.1, 0.15) is 11.0 Å². The zero-order valence-corrected chi connectivity index (χ0v) is 10.3. The molecule has 1 fully saturated rings. The van der Waals surface area contributed by atoms with Crippen molar-refractivity contribution in [3.63, 3.8) is 0 Å². The molecule has 0 radical (unpaired) electrons. The summed E-state index contributed by atoms with van der Waals surface area (Å²) in [5.41, 5.74) is 2.06. The van der Waals surface area contributed by atoms with E-state index < -0.39 is 0 Å². The van der Waals surface area contributed by atoms with Gasteiger partial charge in [0.25, 0.3) is 5.91 Å². The second-order valence-corrected chi connectivity index (χ2v) is 4.72. The quantitative estimate of drug-likeness (QED) is 0.833.